The van der Waals surface area contributed by atoms with E-state index < -0.39 is 5.25 Å². The molecule has 2 fully saturated rings. The minimum Gasteiger partial charge on any atom is -0.496 e. The van der Waals surface area contributed by atoms with E-state index in [-0.39, 0.29) is 30.3 Å². The van der Waals surface area contributed by atoms with Crippen LogP contribution >= 0.6 is 11.8 Å². The maximum absolute atomic E-state index is 13.4. The van der Waals surface area contributed by atoms with Gasteiger partial charge in [0.2, 0.25) is 11.8 Å². The number of likely N-dealkylation sites (tertiary alicyclic amines) is 1. The molecule has 1 aromatic carbocycles. The third-order valence-electron chi connectivity index (χ3n) is 6.36. The molecule has 1 saturated heterocycles. The lowest BCUT2D eigenvalue weighted by Gasteiger charge is -2.36. The summed E-state index contributed by atoms with van der Waals surface area (Å²) in [5, 5.41) is 2.20. The molecular formula is C23H31N3O4S. The van der Waals surface area contributed by atoms with E-state index >= 15 is 0 Å². The molecule has 0 spiro atoms. The molecule has 1 aliphatic carbocycles. The van der Waals surface area contributed by atoms with Gasteiger partial charge in [0, 0.05) is 19.1 Å². The summed E-state index contributed by atoms with van der Waals surface area (Å²) in [7, 11) is 1.58. The minimum absolute atomic E-state index is 0.0835. The highest BCUT2D eigenvalue weighted by atomic mass is 32.2. The van der Waals surface area contributed by atoms with Crippen molar-refractivity contribution in [2.75, 3.05) is 31.6 Å². The van der Waals surface area contributed by atoms with Crippen LogP contribution in [0.2, 0.25) is 0 Å². The molecule has 0 aromatic heterocycles. The number of anilines is 1. The Labute approximate surface area is 187 Å². The van der Waals surface area contributed by atoms with Gasteiger partial charge in [0.1, 0.15) is 12.3 Å². The molecule has 8 heteroatoms. The van der Waals surface area contributed by atoms with E-state index in [1.807, 2.05) is 18.2 Å². The maximum atomic E-state index is 13.4. The summed E-state index contributed by atoms with van der Waals surface area (Å²) in [5.41, 5.74) is 0.635. The number of amides is 3. The molecule has 0 radical (unpaired) electrons. The van der Waals surface area contributed by atoms with Crippen LogP contribution < -0.4 is 15.0 Å². The first-order valence-corrected chi connectivity index (χ1v) is 12.2. The third kappa shape index (κ3) is 4.84. The molecule has 1 saturated carbocycles. The van der Waals surface area contributed by atoms with Crippen LogP contribution in [0.5, 0.6) is 5.75 Å². The standard InChI is InChI=1S/C23H31N3O4S/c1-30-18-12-8-11-17-20(18)31-21(22(28)25-13-6-3-7-14-25)23(29)26(17)15-19(27)24-16-9-4-2-5-10-16/h8,11-12,16,21H,2-7,9-10,13-15H2,1H3,(H,24,27). The van der Waals surface area contributed by atoms with Crippen molar-refractivity contribution in [3.63, 3.8) is 0 Å². The molecule has 0 bridgehead atoms. The fourth-order valence-corrected chi connectivity index (χ4v) is 5.97. The summed E-state index contributed by atoms with van der Waals surface area (Å²) < 4.78 is 5.51. The lowest BCUT2D eigenvalue weighted by atomic mass is 9.95. The van der Waals surface area contributed by atoms with E-state index in [2.05, 4.69) is 5.32 Å². The molecule has 2 heterocycles. The number of nitrogens with one attached hydrogen (secondary N) is 1. The normalized spacial score (nSPS) is 22.1. The molecule has 168 valence electrons. The fraction of sp³-hybridized carbons (Fsp3) is 0.609. The summed E-state index contributed by atoms with van der Waals surface area (Å²) in [6.45, 7) is 1.29. The van der Waals surface area contributed by atoms with Gasteiger partial charge < -0.3 is 19.9 Å². The van der Waals surface area contributed by atoms with Crippen molar-refractivity contribution in [2.45, 2.75) is 67.6 Å². The Kier molecular flexibility index (Phi) is 7.05. The van der Waals surface area contributed by atoms with E-state index in [1.165, 1.54) is 23.1 Å². The zero-order valence-corrected chi connectivity index (χ0v) is 18.9. The number of methoxy groups -OCH3 is 1. The molecule has 3 aliphatic rings. The number of rotatable bonds is 5. The van der Waals surface area contributed by atoms with Crippen LogP contribution in [0.15, 0.2) is 23.1 Å². The maximum Gasteiger partial charge on any atom is 0.250 e. The van der Waals surface area contributed by atoms with Crippen LogP contribution in [0.4, 0.5) is 5.69 Å². The van der Waals surface area contributed by atoms with Crippen molar-refractivity contribution in [1.29, 1.82) is 0 Å². The van der Waals surface area contributed by atoms with Crippen LogP contribution in [-0.4, -0.2) is 60.7 Å². The lowest BCUT2D eigenvalue weighted by Crippen LogP contribution is -2.53. The Morgan fingerprint density at radius 3 is 2.52 bits per heavy atom. The smallest absolute Gasteiger partial charge is 0.250 e. The van der Waals surface area contributed by atoms with Gasteiger partial charge >= 0.3 is 0 Å². The predicted octanol–water partition coefficient (Wildman–Crippen LogP) is 2.96. The van der Waals surface area contributed by atoms with E-state index in [0.29, 0.717) is 24.5 Å². The van der Waals surface area contributed by atoms with Gasteiger partial charge in [-0.3, -0.25) is 14.4 Å². The minimum atomic E-state index is -0.885. The summed E-state index contributed by atoms with van der Waals surface area (Å²) in [4.78, 5) is 43.5. The van der Waals surface area contributed by atoms with Gasteiger partial charge in [0.05, 0.1) is 17.7 Å². The molecular weight excluding hydrogens is 414 g/mol. The Morgan fingerprint density at radius 2 is 1.81 bits per heavy atom. The van der Waals surface area contributed by atoms with E-state index in [0.717, 1.165) is 49.8 Å². The van der Waals surface area contributed by atoms with Gasteiger partial charge in [-0.25, -0.2) is 0 Å². The highest BCUT2D eigenvalue weighted by Crippen LogP contribution is 2.45. The summed E-state index contributed by atoms with van der Waals surface area (Å²) in [6.07, 6.45) is 8.45. The second-order valence-corrected chi connectivity index (χ2v) is 9.63. The van der Waals surface area contributed by atoms with Crippen LogP contribution in [0.3, 0.4) is 0 Å². The van der Waals surface area contributed by atoms with Crippen molar-refractivity contribution < 1.29 is 19.1 Å². The second-order valence-electron chi connectivity index (χ2n) is 8.52. The molecule has 1 atom stereocenters. The topological polar surface area (TPSA) is 79.0 Å². The van der Waals surface area contributed by atoms with E-state index in [4.69, 9.17) is 4.74 Å². The monoisotopic (exact) mass is 445 g/mol. The first-order chi connectivity index (χ1) is 15.1. The number of thioether (sulfide) groups is 1. The van der Waals surface area contributed by atoms with Gasteiger partial charge in [0.15, 0.2) is 5.25 Å². The number of hydrogen-bond acceptors (Lipinski definition) is 5. The van der Waals surface area contributed by atoms with Crippen molar-refractivity contribution in [3.8, 4) is 5.75 Å². The number of piperidine rings is 1. The summed E-state index contributed by atoms with van der Waals surface area (Å²) in [6, 6.07) is 5.62. The molecule has 1 N–H and O–H groups in total. The number of fused-ring (bicyclic) bond motifs is 1. The number of benzene rings is 1. The first kappa shape index (κ1) is 22.0. The number of ether oxygens (including phenoxy) is 1. The fourth-order valence-electron chi connectivity index (χ4n) is 4.69. The molecule has 4 rings (SSSR count). The number of carbonyl (C=O) groups excluding carboxylic acids is 3. The van der Waals surface area contributed by atoms with Crippen molar-refractivity contribution in [2.24, 2.45) is 0 Å². The van der Waals surface area contributed by atoms with Gasteiger partial charge in [-0.05, 0) is 44.2 Å². The van der Waals surface area contributed by atoms with Gasteiger partial charge in [-0.2, -0.15) is 0 Å². The zero-order chi connectivity index (χ0) is 21.8. The molecule has 1 aromatic rings. The van der Waals surface area contributed by atoms with E-state index in [1.54, 1.807) is 12.0 Å². The van der Waals surface area contributed by atoms with Crippen molar-refractivity contribution >= 4 is 35.2 Å². The van der Waals surface area contributed by atoms with Crippen LogP contribution in [0.25, 0.3) is 0 Å². The van der Waals surface area contributed by atoms with Crippen LogP contribution in [-0.2, 0) is 14.4 Å². The number of carbonyl (C=O) groups is 3. The molecule has 1 unspecified atom stereocenters. The Bertz CT molecular complexity index is 834. The Balaban J connectivity index is 1.57. The second kappa shape index (κ2) is 9.94. The largest absolute Gasteiger partial charge is 0.496 e. The number of nitrogens with zero attached hydrogens (tertiary/aromatic N) is 2. The average Bonchev–Trinajstić information content (AvgIpc) is 2.81. The lowest BCUT2D eigenvalue weighted by molar-refractivity contribution is -0.136. The molecule has 2 aliphatic heterocycles. The summed E-state index contributed by atoms with van der Waals surface area (Å²) >= 11 is 1.25. The first-order valence-electron chi connectivity index (χ1n) is 11.3. The van der Waals surface area contributed by atoms with Gasteiger partial charge in [0.25, 0.3) is 5.91 Å². The third-order valence-corrected chi connectivity index (χ3v) is 7.64. The zero-order valence-electron chi connectivity index (χ0n) is 18.1. The Hall–Kier alpha value is -2.22. The van der Waals surface area contributed by atoms with Crippen LogP contribution in [0, 0.1) is 0 Å². The predicted molar refractivity (Wildman–Crippen MR) is 120 cm³/mol. The SMILES string of the molecule is COc1cccc2c1SC(C(=O)N1CCCCC1)C(=O)N2CC(=O)NC1CCCCC1. The van der Waals surface area contributed by atoms with Gasteiger partial charge in [-0.1, -0.05) is 37.1 Å². The number of hydrogen-bond donors (Lipinski definition) is 1. The van der Waals surface area contributed by atoms with Crippen molar-refractivity contribution in [1.82, 2.24) is 10.2 Å². The van der Waals surface area contributed by atoms with Crippen LogP contribution in [0.1, 0.15) is 51.4 Å². The van der Waals surface area contributed by atoms with E-state index in [9.17, 15) is 14.4 Å². The molecule has 3 amide bonds. The highest BCUT2D eigenvalue weighted by Gasteiger charge is 2.42. The average molecular weight is 446 g/mol. The molecule has 7 nitrogen and oxygen atoms in total. The van der Waals surface area contributed by atoms with Crippen molar-refractivity contribution in [3.05, 3.63) is 18.2 Å². The quantitative estimate of drug-likeness (QED) is 0.705. The molecule has 31 heavy (non-hydrogen) atoms. The Morgan fingerprint density at radius 1 is 1.10 bits per heavy atom. The summed E-state index contributed by atoms with van der Waals surface area (Å²) in [5.74, 6) is -0.0433. The highest BCUT2D eigenvalue weighted by molar-refractivity contribution is 8.01. The van der Waals surface area contributed by atoms with Gasteiger partial charge in [-0.15, -0.1) is 0 Å².